The van der Waals surface area contributed by atoms with E-state index in [1.54, 1.807) is 25.2 Å². The van der Waals surface area contributed by atoms with Gasteiger partial charge in [-0.1, -0.05) is 51.1 Å². The molecule has 0 spiro atoms. The number of nitrogens with zero attached hydrogens (tertiary/aromatic N) is 3. The van der Waals surface area contributed by atoms with Gasteiger partial charge in [-0.3, -0.25) is 14.6 Å². The molecule has 0 N–H and O–H groups in total. The highest BCUT2D eigenvalue weighted by Gasteiger charge is 2.45. The zero-order chi connectivity index (χ0) is 21.9. The molecule has 1 atom stereocenters. The Morgan fingerprint density at radius 1 is 1.13 bits per heavy atom. The summed E-state index contributed by atoms with van der Waals surface area (Å²) in [6, 6.07) is 12.3. The maximum Gasteiger partial charge on any atom is 0.230 e. The van der Waals surface area contributed by atoms with Crippen molar-refractivity contribution in [2.24, 2.45) is 10.8 Å². The van der Waals surface area contributed by atoms with Crippen molar-refractivity contribution in [3.63, 3.8) is 0 Å². The topological polar surface area (TPSA) is 53.5 Å². The molecular formula is C25H33N3O2. The molecule has 1 fully saturated rings. The number of carbonyl (C=O) groups excluding carboxylic acids is 2. The standard InChI is InChI=1S/C25H33N3O2/c1-24(2,3)22(29)28-14-8-12-25(18-28,23(30)27(4)5)16-19-9-6-10-20(15-19)21-11-7-13-26-17-21/h6-7,9-11,13,15,17H,8,12,14,16,18H2,1-5H3. The Bertz CT molecular complexity index is 902. The van der Waals surface area contributed by atoms with E-state index in [2.05, 4.69) is 23.2 Å². The third-order valence-electron chi connectivity index (χ3n) is 5.83. The van der Waals surface area contributed by atoms with Crippen LogP contribution < -0.4 is 0 Å². The molecule has 1 unspecified atom stereocenters. The SMILES string of the molecule is CN(C)C(=O)C1(Cc2cccc(-c3cccnc3)c2)CCCN(C(=O)C(C)(C)C)C1. The molecule has 0 aliphatic carbocycles. The van der Waals surface area contributed by atoms with Crippen LogP contribution in [0.25, 0.3) is 11.1 Å². The summed E-state index contributed by atoms with van der Waals surface area (Å²) in [7, 11) is 3.61. The molecule has 1 aromatic heterocycles. The number of benzene rings is 1. The lowest BCUT2D eigenvalue weighted by molar-refractivity contribution is -0.150. The van der Waals surface area contributed by atoms with E-state index in [4.69, 9.17) is 0 Å². The van der Waals surface area contributed by atoms with E-state index >= 15 is 0 Å². The van der Waals surface area contributed by atoms with Gasteiger partial charge < -0.3 is 9.80 Å². The summed E-state index contributed by atoms with van der Waals surface area (Å²) in [4.78, 5) is 34.2. The summed E-state index contributed by atoms with van der Waals surface area (Å²) in [6.45, 7) is 7.01. The van der Waals surface area contributed by atoms with E-state index in [0.29, 0.717) is 19.5 Å². The van der Waals surface area contributed by atoms with Crippen molar-refractivity contribution in [3.05, 3.63) is 54.4 Å². The molecule has 2 amide bonds. The summed E-state index contributed by atoms with van der Waals surface area (Å²) >= 11 is 0. The van der Waals surface area contributed by atoms with Crippen LogP contribution in [0.2, 0.25) is 0 Å². The van der Waals surface area contributed by atoms with Crippen molar-refractivity contribution in [1.82, 2.24) is 14.8 Å². The lowest BCUT2D eigenvalue weighted by atomic mass is 9.73. The quantitative estimate of drug-likeness (QED) is 0.769. The molecule has 1 aliphatic rings. The Balaban J connectivity index is 1.93. The molecule has 1 saturated heterocycles. The van der Waals surface area contributed by atoms with Crippen molar-refractivity contribution in [2.75, 3.05) is 27.2 Å². The largest absolute Gasteiger partial charge is 0.348 e. The minimum atomic E-state index is -0.601. The van der Waals surface area contributed by atoms with Gasteiger partial charge >= 0.3 is 0 Å². The Kier molecular flexibility index (Phi) is 6.30. The van der Waals surface area contributed by atoms with Crippen LogP contribution in [0.3, 0.4) is 0 Å². The maximum atomic E-state index is 13.4. The smallest absolute Gasteiger partial charge is 0.230 e. The Morgan fingerprint density at radius 2 is 1.87 bits per heavy atom. The van der Waals surface area contributed by atoms with Crippen LogP contribution in [0, 0.1) is 10.8 Å². The van der Waals surface area contributed by atoms with Crippen LogP contribution in [0.4, 0.5) is 0 Å². The molecule has 1 aromatic carbocycles. The summed E-state index contributed by atoms with van der Waals surface area (Å²) in [5.74, 6) is 0.211. The lowest BCUT2D eigenvalue weighted by Crippen LogP contribution is -2.55. The third-order valence-corrected chi connectivity index (χ3v) is 5.83. The average Bonchev–Trinajstić information content (AvgIpc) is 2.73. The highest BCUT2D eigenvalue weighted by Crippen LogP contribution is 2.37. The minimum Gasteiger partial charge on any atom is -0.348 e. The van der Waals surface area contributed by atoms with Gasteiger partial charge in [-0.15, -0.1) is 0 Å². The second-order valence-electron chi connectivity index (χ2n) is 9.68. The zero-order valence-electron chi connectivity index (χ0n) is 18.8. The number of piperidine rings is 1. The number of rotatable bonds is 4. The van der Waals surface area contributed by atoms with Crippen LogP contribution >= 0.6 is 0 Å². The molecule has 2 aromatic rings. The highest BCUT2D eigenvalue weighted by atomic mass is 16.2. The number of carbonyl (C=O) groups is 2. The first-order chi connectivity index (χ1) is 14.1. The Labute approximate surface area is 180 Å². The summed E-state index contributed by atoms with van der Waals surface area (Å²) in [5.41, 5.74) is 2.20. The maximum absolute atomic E-state index is 13.4. The first-order valence-corrected chi connectivity index (χ1v) is 10.6. The molecule has 160 valence electrons. The lowest BCUT2D eigenvalue weighted by Gasteiger charge is -2.44. The fourth-order valence-corrected chi connectivity index (χ4v) is 4.43. The highest BCUT2D eigenvalue weighted by molar-refractivity contribution is 5.86. The summed E-state index contributed by atoms with van der Waals surface area (Å²) in [5, 5.41) is 0. The van der Waals surface area contributed by atoms with E-state index in [1.807, 2.05) is 50.1 Å². The van der Waals surface area contributed by atoms with Gasteiger partial charge in [0.25, 0.3) is 0 Å². The van der Waals surface area contributed by atoms with E-state index in [-0.39, 0.29) is 11.8 Å². The van der Waals surface area contributed by atoms with Crippen molar-refractivity contribution in [3.8, 4) is 11.1 Å². The predicted octanol–water partition coefficient (Wildman–Crippen LogP) is 4.03. The minimum absolute atomic E-state index is 0.0979. The van der Waals surface area contributed by atoms with E-state index in [9.17, 15) is 9.59 Å². The van der Waals surface area contributed by atoms with Crippen LogP contribution in [-0.2, 0) is 16.0 Å². The molecule has 1 aliphatic heterocycles. The average molecular weight is 408 g/mol. The number of likely N-dealkylation sites (tertiary alicyclic amines) is 1. The molecule has 0 bridgehead atoms. The summed E-state index contributed by atoms with van der Waals surface area (Å²) < 4.78 is 0. The van der Waals surface area contributed by atoms with Gasteiger partial charge in [-0.2, -0.15) is 0 Å². The van der Waals surface area contributed by atoms with Crippen LogP contribution in [0.5, 0.6) is 0 Å². The molecule has 5 nitrogen and oxygen atoms in total. The summed E-state index contributed by atoms with van der Waals surface area (Å²) in [6.07, 6.45) is 5.86. The van der Waals surface area contributed by atoms with Crippen LogP contribution in [0.15, 0.2) is 48.8 Å². The van der Waals surface area contributed by atoms with Gasteiger partial charge in [-0.25, -0.2) is 0 Å². The monoisotopic (exact) mass is 407 g/mol. The second kappa shape index (κ2) is 8.58. The van der Waals surface area contributed by atoms with Gasteiger partial charge in [0.1, 0.15) is 0 Å². The van der Waals surface area contributed by atoms with Crippen LogP contribution in [0.1, 0.15) is 39.2 Å². The van der Waals surface area contributed by atoms with E-state index in [1.165, 1.54) is 0 Å². The van der Waals surface area contributed by atoms with Crippen molar-refractivity contribution in [1.29, 1.82) is 0 Å². The molecule has 30 heavy (non-hydrogen) atoms. The molecule has 0 radical (unpaired) electrons. The predicted molar refractivity (Wildman–Crippen MR) is 120 cm³/mol. The van der Waals surface area contributed by atoms with Crippen molar-refractivity contribution in [2.45, 2.75) is 40.0 Å². The van der Waals surface area contributed by atoms with Gasteiger partial charge in [0.2, 0.25) is 11.8 Å². The van der Waals surface area contributed by atoms with Gasteiger partial charge in [-0.05, 0) is 42.0 Å². The van der Waals surface area contributed by atoms with Gasteiger partial charge in [0.15, 0.2) is 0 Å². The first-order valence-electron chi connectivity index (χ1n) is 10.6. The third kappa shape index (κ3) is 4.72. The van der Waals surface area contributed by atoms with E-state index in [0.717, 1.165) is 29.5 Å². The second-order valence-corrected chi connectivity index (χ2v) is 9.68. The number of amides is 2. The Hall–Kier alpha value is -2.69. The van der Waals surface area contributed by atoms with Crippen LogP contribution in [-0.4, -0.2) is 53.8 Å². The fraction of sp³-hybridized carbons (Fsp3) is 0.480. The number of hydrogen-bond donors (Lipinski definition) is 0. The first kappa shape index (κ1) is 22.0. The normalized spacial score (nSPS) is 19.4. The van der Waals surface area contributed by atoms with Gasteiger partial charge in [0.05, 0.1) is 5.41 Å². The zero-order valence-corrected chi connectivity index (χ0v) is 18.8. The van der Waals surface area contributed by atoms with Crippen molar-refractivity contribution < 1.29 is 9.59 Å². The molecule has 2 heterocycles. The molecule has 0 saturated carbocycles. The number of hydrogen-bond acceptors (Lipinski definition) is 3. The molecule has 5 heteroatoms. The fourth-order valence-electron chi connectivity index (χ4n) is 4.43. The van der Waals surface area contributed by atoms with Gasteiger partial charge in [0, 0.05) is 45.0 Å². The Morgan fingerprint density at radius 3 is 2.50 bits per heavy atom. The molecular weight excluding hydrogens is 374 g/mol. The van der Waals surface area contributed by atoms with E-state index < -0.39 is 10.8 Å². The van der Waals surface area contributed by atoms with Crippen molar-refractivity contribution >= 4 is 11.8 Å². The number of aromatic nitrogens is 1. The molecule has 3 rings (SSSR count). The number of pyridine rings is 1.